The van der Waals surface area contributed by atoms with E-state index in [1.807, 2.05) is 30.5 Å². The smallest absolute Gasteiger partial charge is 0.226 e. The molecule has 0 atom stereocenters. The zero-order valence-electron chi connectivity index (χ0n) is 17.9. The Kier molecular flexibility index (Phi) is 6.69. The molecule has 31 heavy (non-hydrogen) atoms. The average molecular weight is 434 g/mol. The van der Waals surface area contributed by atoms with Crippen molar-refractivity contribution in [3.63, 3.8) is 0 Å². The summed E-state index contributed by atoms with van der Waals surface area (Å²) in [5.41, 5.74) is 4.20. The van der Waals surface area contributed by atoms with Gasteiger partial charge in [-0.3, -0.25) is 14.7 Å². The Balaban J connectivity index is 1.45. The number of carbonyl (C=O) groups excluding carboxylic acids is 1. The Labute approximate surface area is 189 Å². The Morgan fingerprint density at radius 3 is 2.42 bits per heavy atom. The molecule has 0 spiro atoms. The highest BCUT2D eigenvalue weighted by molar-refractivity contribution is 6.31. The summed E-state index contributed by atoms with van der Waals surface area (Å²) in [4.78, 5) is 19.5. The van der Waals surface area contributed by atoms with E-state index in [-0.39, 0.29) is 11.3 Å². The van der Waals surface area contributed by atoms with Crippen LogP contribution in [0, 0.1) is 5.41 Å². The summed E-state index contributed by atoms with van der Waals surface area (Å²) in [6.07, 6.45) is 6.07. The Morgan fingerprint density at radius 1 is 1.03 bits per heavy atom. The molecule has 1 amide bonds. The van der Waals surface area contributed by atoms with Gasteiger partial charge in [0.2, 0.25) is 5.91 Å². The second-order valence-electron chi connectivity index (χ2n) is 8.34. The summed E-state index contributed by atoms with van der Waals surface area (Å²) in [7, 11) is 1.74. The number of rotatable bonds is 6. The number of nitrogens with one attached hydrogen (secondary N) is 1. The zero-order chi connectivity index (χ0) is 21.7. The maximum absolute atomic E-state index is 12.9. The fraction of sp³-hybridized carbons (Fsp3) is 0.308. The first kappa shape index (κ1) is 21.5. The van der Waals surface area contributed by atoms with Crippen molar-refractivity contribution in [1.29, 1.82) is 0 Å². The molecule has 0 bridgehead atoms. The number of piperidine rings is 1. The minimum atomic E-state index is -0.373. The first-order chi connectivity index (χ1) is 15.1. The van der Waals surface area contributed by atoms with Crippen LogP contribution in [-0.2, 0) is 17.8 Å². The van der Waals surface area contributed by atoms with Crippen LogP contribution in [0.15, 0.2) is 73.1 Å². The highest BCUT2D eigenvalue weighted by Crippen LogP contribution is 2.36. The van der Waals surface area contributed by atoms with Crippen LogP contribution in [0.1, 0.15) is 24.0 Å². The van der Waals surface area contributed by atoms with E-state index in [1.165, 1.54) is 5.56 Å². The molecule has 1 aliphatic heterocycles. The average Bonchev–Trinajstić information content (AvgIpc) is 2.82. The number of aromatic nitrogens is 1. The van der Waals surface area contributed by atoms with E-state index in [1.54, 1.807) is 13.2 Å². The second-order valence-corrected chi connectivity index (χ2v) is 8.75. The van der Waals surface area contributed by atoms with E-state index in [9.17, 15) is 4.79 Å². The summed E-state index contributed by atoms with van der Waals surface area (Å²) in [5, 5.41) is 3.72. The third kappa shape index (κ3) is 4.97. The monoisotopic (exact) mass is 433 g/mol. The van der Waals surface area contributed by atoms with Crippen molar-refractivity contribution in [2.75, 3.05) is 20.1 Å². The van der Waals surface area contributed by atoms with Gasteiger partial charge in [-0.05, 0) is 66.7 Å². The predicted molar refractivity (Wildman–Crippen MR) is 126 cm³/mol. The molecular formula is C26H28ClN3O. The van der Waals surface area contributed by atoms with Crippen LogP contribution in [0.5, 0.6) is 0 Å². The summed E-state index contributed by atoms with van der Waals surface area (Å²) in [6, 6.07) is 20.5. The van der Waals surface area contributed by atoms with Crippen LogP contribution < -0.4 is 5.32 Å². The van der Waals surface area contributed by atoms with Gasteiger partial charge in [-0.25, -0.2) is 0 Å². The molecule has 0 saturated carbocycles. The van der Waals surface area contributed by atoms with Crippen molar-refractivity contribution in [2.45, 2.75) is 25.8 Å². The number of carbonyl (C=O) groups is 1. The number of hydrogen-bond donors (Lipinski definition) is 1. The molecule has 1 saturated heterocycles. The molecule has 1 N–H and O–H groups in total. The van der Waals surface area contributed by atoms with Gasteiger partial charge in [-0.1, -0.05) is 60.1 Å². The SMILES string of the molecule is CNC(=O)C1(Cc2ccc(-c3cccnc3)cc2)CCN(Cc2ccccc2Cl)CC1. The van der Waals surface area contributed by atoms with Crippen LogP contribution in [-0.4, -0.2) is 35.9 Å². The van der Waals surface area contributed by atoms with Crippen molar-refractivity contribution in [1.82, 2.24) is 15.2 Å². The lowest BCUT2D eigenvalue weighted by Gasteiger charge is -2.40. The van der Waals surface area contributed by atoms with Gasteiger partial charge in [0.25, 0.3) is 0 Å². The molecule has 0 unspecified atom stereocenters. The molecule has 1 fully saturated rings. The van der Waals surface area contributed by atoms with Gasteiger partial charge in [-0.15, -0.1) is 0 Å². The van der Waals surface area contributed by atoms with Crippen LogP contribution >= 0.6 is 11.6 Å². The summed E-state index contributed by atoms with van der Waals surface area (Å²) in [5.74, 6) is 0.140. The maximum Gasteiger partial charge on any atom is 0.226 e. The third-order valence-electron chi connectivity index (χ3n) is 6.37. The number of benzene rings is 2. The molecule has 1 aromatic heterocycles. The van der Waals surface area contributed by atoms with Crippen LogP contribution in [0.25, 0.3) is 11.1 Å². The molecule has 4 rings (SSSR count). The molecule has 2 heterocycles. The second kappa shape index (κ2) is 9.63. The molecule has 3 aromatic rings. The van der Waals surface area contributed by atoms with Crippen molar-refractivity contribution in [2.24, 2.45) is 5.41 Å². The number of hydrogen-bond acceptors (Lipinski definition) is 3. The molecule has 1 aliphatic rings. The number of likely N-dealkylation sites (tertiary alicyclic amines) is 1. The predicted octanol–water partition coefficient (Wildman–Crippen LogP) is 4.97. The normalized spacial score (nSPS) is 16.1. The number of pyridine rings is 1. The minimum absolute atomic E-state index is 0.140. The molecule has 5 heteroatoms. The molecule has 4 nitrogen and oxygen atoms in total. The lowest BCUT2D eigenvalue weighted by Crippen LogP contribution is -2.49. The fourth-order valence-corrected chi connectivity index (χ4v) is 4.69. The van der Waals surface area contributed by atoms with E-state index in [2.05, 4.69) is 51.6 Å². The Morgan fingerprint density at radius 2 is 1.77 bits per heavy atom. The van der Waals surface area contributed by atoms with Crippen molar-refractivity contribution in [3.05, 3.63) is 89.2 Å². The van der Waals surface area contributed by atoms with Gasteiger partial charge in [-0.2, -0.15) is 0 Å². The summed E-state index contributed by atoms with van der Waals surface area (Å²) in [6.45, 7) is 2.59. The van der Waals surface area contributed by atoms with Gasteiger partial charge in [0.15, 0.2) is 0 Å². The highest BCUT2D eigenvalue weighted by Gasteiger charge is 2.40. The lowest BCUT2D eigenvalue weighted by atomic mass is 9.73. The first-order valence-electron chi connectivity index (χ1n) is 10.8. The largest absolute Gasteiger partial charge is 0.359 e. The van der Waals surface area contributed by atoms with Crippen molar-refractivity contribution in [3.8, 4) is 11.1 Å². The third-order valence-corrected chi connectivity index (χ3v) is 6.73. The number of nitrogens with zero attached hydrogens (tertiary/aromatic N) is 2. The van der Waals surface area contributed by atoms with Gasteiger partial charge < -0.3 is 5.32 Å². The van der Waals surface area contributed by atoms with Crippen LogP contribution in [0.2, 0.25) is 5.02 Å². The first-order valence-corrected chi connectivity index (χ1v) is 11.1. The Hall–Kier alpha value is -2.69. The topological polar surface area (TPSA) is 45.2 Å². The van der Waals surface area contributed by atoms with Gasteiger partial charge in [0, 0.05) is 31.0 Å². The zero-order valence-corrected chi connectivity index (χ0v) is 18.6. The molecule has 2 aromatic carbocycles. The van der Waals surface area contributed by atoms with E-state index >= 15 is 0 Å². The molecule has 160 valence electrons. The van der Waals surface area contributed by atoms with Gasteiger partial charge >= 0.3 is 0 Å². The van der Waals surface area contributed by atoms with E-state index in [4.69, 9.17) is 11.6 Å². The number of halogens is 1. The minimum Gasteiger partial charge on any atom is -0.359 e. The van der Waals surface area contributed by atoms with Crippen molar-refractivity contribution >= 4 is 17.5 Å². The van der Waals surface area contributed by atoms with Crippen LogP contribution in [0.4, 0.5) is 0 Å². The van der Waals surface area contributed by atoms with E-state index in [0.29, 0.717) is 0 Å². The van der Waals surface area contributed by atoms with Crippen LogP contribution in [0.3, 0.4) is 0 Å². The highest BCUT2D eigenvalue weighted by atomic mass is 35.5. The van der Waals surface area contributed by atoms with Crippen molar-refractivity contribution < 1.29 is 4.79 Å². The fourth-order valence-electron chi connectivity index (χ4n) is 4.50. The number of amides is 1. The van der Waals surface area contributed by atoms with E-state index in [0.717, 1.165) is 60.6 Å². The van der Waals surface area contributed by atoms with Gasteiger partial charge in [0.1, 0.15) is 0 Å². The standard InChI is InChI=1S/C26H28ClN3O/c1-28-25(31)26(12-15-30(16-13-26)19-23-5-2-3-7-24(23)27)17-20-8-10-21(11-9-20)22-6-4-14-29-18-22/h2-11,14,18H,12-13,15-17,19H2,1H3,(H,28,31). The summed E-state index contributed by atoms with van der Waals surface area (Å²) >= 11 is 6.34. The molecule has 0 aliphatic carbocycles. The molecule has 0 radical (unpaired) electrons. The van der Waals surface area contributed by atoms with E-state index < -0.39 is 0 Å². The Bertz CT molecular complexity index is 1010. The maximum atomic E-state index is 12.9. The summed E-state index contributed by atoms with van der Waals surface area (Å²) < 4.78 is 0. The molecular weight excluding hydrogens is 406 g/mol. The lowest BCUT2D eigenvalue weighted by molar-refractivity contribution is -0.133. The van der Waals surface area contributed by atoms with Gasteiger partial charge in [0.05, 0.1) is 5.41 Å². The quantitative estimate of drug-likeness (QED) is 0.596.